The number of nitrogens with zero attached hydrogens (tertiary/aromatic N) is 1. The average Bonchev–Trinajstić information content (AvgIpc) is 2.81. The molecule has 0 saturated carbocycles. The zero-order valence-electron chi connectivity index (χ0n) is 10.2. The van der Waals surface area contributed by atoms with E-state index in [1.165, 1.54) is 13.2 Å². The minimum Gasteiger partial charge on any atom is -0.497 e. The fourth-order valence-corrected chi connectivity index (χ4v) is 1.85. The van der Waals surface area contributed by atoms with E-state index in [9.17, 15) is 4.39 Å². The summed E-state index contributed by atoms with van der Waals surface area (Å²) in [6.45, 7) is 0. The third kappa shape index (κ3) is 1.99. The number of halogens is 1. The van der Waals surface area contributed by atoms with Crippen molar-refractivity contribution in [3.63, 3.8) is 0 Å². The first-order valence-corrected chi connectivity index (χ1v) is 5.67. The minimum absolute atomic E-state index is 0.223. The van der Waals surface area contributed by atoms with Crippen LogP contribution in [0.5, 0.6) is 5.75 Å². The fraction of sp³-hybridized carbons (Fsp3) is 0.0714. The van der Waals surface area contributed by atoms with Crippen LogP contribution in [0.1, 0.15) is 0 Å². The first-order valence-electron chi connectivity index (χ1n) is 5.67. The zero-order valence-corrected chi connectivity index (χ0v) is 10.2. The van der Waals surface area contributed by atoms with Gasteiger partial charge >= 0.3 is 0 Å². The van der Waals surface area contributed by atoms with E-state index in [0.29, 0.717) is 22.5 Å². The van der Waals surface area contributed by atoms with E-state index < -0.39 is 5.82 Å². The van der Waals surface area contributed by atoms with Gasteiger partial charge in [-0.25, -0.2) is 9.37 Å². The molecule has 1 heterocycles. The number of hydrogen-bond donors (Lipinski definition) is 1. The first kappa shape index (κ1) is 11.5. The van der Waals surface area contributed by atoms with Crippen LogP contribution in [0.15, 0.2) is 40.8 Å². The quantitative estimate of drug-likeness (QED) is 0.717. The van der Waals surface area contributed by atoms with Crippen LogP contribution >= 0.6 is 0 Å². The second-order valence-corrected chi connectivity index (χ2v) is 4.09. The summed E-state index contributed by atoms with van der Waals surface area (Å²) in [6, 6.07) is 9.63. The molecule has 0 saturated heterocycles. The predicted octanol–water partition coefficient (Wildman–Crippen LogP) is 3.22. The molecule has 0 unspecified atom stereocenters. The van der Waals surface area contributed by atoms with Crippen LogP contribution in [0.25, 0.3) is 22.6 Å². The summed E-state index contributed by atoms with van der Waals surface area (Å²) in [5, 5.41) is 0. The molecule has 0 aliphatic rings. The monoisotopic (exact) mass is 258 g/mol. The Kier molecular flexibility index (Phi) is 2.59. The highest BCUT2D eigenvalue weighted by atomic mass is 19.1. The lowest BCUT2D eigenvalue weighted by Crippen LogP contribution is -1.88. The van der Waals surface area contributed by atoms with Crippen LogP contribution < -0.4 is 10.5 Å². The van der Waals surface area contributed by atoms with Gasteiger partial charge in [0.2, 0.25) is 5.89 Å². The Morgan fingerprint density at radius 2 is 2.05 bits per heavy atom. The highest BCUT2D eigenvalue weighted by Crippen LogP contribution is 2.29. The molecule has 0 aliphatic heterocycles. The third-order valence-electron chi connectivity index (χ3n) is 2.82. The van der Waals surface area contributed by atoms with Crippen molar-refractivity contribution in [2.75, 3.05) is 12.8 Å². The largest absolute Gasteiger partial charge is 0.497 e. The second-order valence-electron chi connectivity index (χ2n) is 4.09. The van der Waals surface area contributed by atoms with E-state index in [0.717, 1.165) is 0 Å². The molecule has 1 aromatic heterocycles. The molecule has 0 amide bonds. The number of anilines is 1. The number of nitrogen functional groups attached to an aromatic ring is 1. The maximum absolute atomic E-state index is 13.9. The molecule has 4 nitrogen and oxygen atoms in total. The number of ether oxygens (including phenoxy) is 1. The second kappa shape index (κ2) is 4.28. The fourth-order valence-electron chi connectivity index (χ4n) is 1.85. The molecule has 96 valence electrons. The van der Waals surface area contributed by atoms with Gasteiger partial charge in [0.15, 0.2) is 5.58 Å². The number of hydrogen-bond acceptors (Lipinski definition) is 4. The van der Waals surface area contributed by atoms with Crippen molar-refractivity contribution in [2.45, 2.75) is 0 Å². The molecule has 0 radical (unpaired) electrons. The van der Waals surface area contributed by atoms with Gasteiger partial charge in [0.25, 0.3) is 0 Å². The SMILES string of the molecule is COc1ccc(-c2nc3ccc(N)cc3o2)c(F)c1. The Labute approximate surface area is 108 Å². The van der Waals surface area contributed by atoms with Crippen molar-refractivity contribution in [1.29, 1.82) is 0 Å². The highest BCUT2D eigenvalue weighted by Gasteiger charge is 2.13. The van der Waals surface area contributed by atoms with E-state index in [-0.39, 0.29) is 11.5 Å². The van der Waals surface area contributed by atoms with Crippen LogP contribution in [-0.4, -0.2) is 12.1 Å². The van der Waals surface area contributed by atoms with Crippen LogP contribution in [0.2, 0.25) is 0 Å². The molecule has 3 aromatic rings. The summed E-state index contributed by atoms with van der Waals surface area (Å²) in [4.78, 5) is 4.24. The Morgan fingerprint density at radius 1 is 1.21 bits per heavy atom. The number of nitrogens with two attached hydrogens (primary N) is 1. The molecule has 0 fully saturated rings. The lowest BCUT2D eigenvalue weighted by atomic mass is 10.2. The Hall–Kier alpha value is -2.56. The minimum atomic E-state index is -0.445. The van der Waals surface area contributed by atoms with Gasteiger partial charge in [0, 0.05) is 17.8 Å². The van der Waals surface area contributed by atoms with E-state index in [2.05, 4.69) is 4.98 Å². The van der Waals surface area contributed by atoms with Gasteiger partial charge in [-0.2, -0.15) is 0 Å². The van der Waals surface area contributed by atoms with Crippen LogP contribution in [0.4, 0.5) is 10.1 Å². The van der Waals surface area contributed by atoms with Crippen LogP contribution in [0, 0.1) is 5.82 Å². The number of benzene rings is 2. The molecule has 3 rings (SSSR count). The van der Waals surface area contributed by atoms with Gasteiger partial charge in [-0.05, 0) is 24.3 Å². The normalized spacial score (nSPS) is 10.8. The van der Waals surface area contributed by atoms with Crippen molar-refractivity contribution in [1.82, 2.24) is 4.98 Å². The maximum atomic E-state index is 13.9. The maximum Gasteiger partial charge on any atom is 0.230 e. The molecular weight excluding hydrogens is 247 g/mol. The summed E-state index contributed by atoms with van der Waals surface area (Å²) in [5.74, 6) is 0.223. The van der Waals surface area contributed by atoms with Crippen molar-refractivity contribution >= 4 is 16.8 Å². The number of methoxy groups -OCH3 is 1. The lowest BCUT2D eigenvalue weighted by Gasteiger charge is -2.01. The number of aromatic nitrogens is 1. The van der Waals surface area contributed by atoms with Crippen molar-refractivity contribution in [3.8, 4) is 17.2 Å². The molecule has 0 atom stereocenters. The zero-order chi connectivity index (χ0) is 13.4. The topological polar surface area (TPSA) is 61.3 Å². The van der Waals surface area contributed by atoms with Crippen molar-refractivity contribution < 1.29 is 13.5 Å². The third-order valence-corrected chi connectivity index (χ3v) is 2.82. The van der Waals surface area contributed by atoms with Crippen molar-refractivity contribution in [2.24, 2.45) is 0 Å². The summed E-state index contributed by atoms with van der Waals surface area (Å²) >= 11 is 0. The summed E-state index contributed by atoms with van der Waals surface area (Å²) in [5.41, 5.74) is 7.69. The molecule has 0 aliphatic carbocycles. The molecular formula is C14H11FN2O2. The summed E-state index contributed by atoms with van der Waals surface area (Å²) in [7, 11) is 1.48. The van der Waals surface area contributed by atoms with E-state index in [4.69, 9.17) is 14.9 Å². The number of oxazole rings is 1. The number of rotatable bonds is 2. The number of fused-ring (bicyclic) bond motifs is 1. The molecule has 2 aromatic carbocycles. The summed E-state index contributed by atoms with van der Waals surface area (Å²) < 4.78 is 24.4. The Bertz CT molecular complexity index is 752. The van der Waals surface area contributed by atoms with Gasteiger partial charge in [-0.1, -0.05) is 0 Å². The van der Waals surface area contributed by atoms with Gasteiger partial charge in [-0.15, -0.1) is 0 Å². The van der Waals surface area contributed by atoms with Gasteiger partial charge in [-0.3, -0.25) is 0 Å². The smallest absolute Gasteiger partial charge is 0.230 e. The van der Waals surface area contributed by atoms with E-state index >= 15 is 0 Å². The molecule has 19 heavy (non-hydrogen) atoms. The first-order chi connectivity index (χ1) is 9.17. The van der Waals surface area contributed by atoms with Crippen LogP contribution in [0.3, 0.4) is 0 Å². The highest BCUT2D eigenvalue weighted by molar-refractivity contribution is 5.79. The van der Waals surface area contributed by atoms with Gasteiger partial charge in [0.05, 0.1) is 12.7 Å². The molecule has 5 heteroatoms. The Morgan fingerprint density at radius 3 is 2.79 bits per heavy atom. The average molecular weight is 258 g/mol. The molecule has 0 bridgehead atoms. The van der Waals surface area contributed by atoms with Gasteiger partial charge in [0.1, 0.15) is 17.1 Å². The standard InChI is InChI=1S/C14H11FN2O2/c1-18-9-3-4-10(11(15)7-9)14-17-12-5-2-8(16)6-13(12)19-14/h2-7H,16H2,1H3. The van der Waals surface area contributed by atoms with Crippen molar-refractivity contribution in [3.05, 3.63) is 42.2 Å². The van der Waals surface area contributed by atoms with Gasteiger partial charge < -0.3 is 14.9 Å². The van der Waals surface area contributed by atoms with E-state index in [1.54, 1.807) is 30.3 Å². The summed E-state index contributed by atoms with van der Waals surface area (Å²) in [6.07, 6.45) is 0. The predicted molar refractivity (Wildman–Crippen MR) is 70.4 cm³/mol. The molecule has 2 N–H and O–H groups in total. The lowest BCUT2D eigenvalue weighted by molar-refractivity contribution is 0.411. The van der Waals surface area contributed by atoms with E-state index in [1.807, 2.05) is 0 Å². The van der Waals surface area contributed by atoms with Crippen LogP contribution in [-0.2, 0) is 0 Å². The molecule has 0 spiro atoms. The Balaban J connectivity index is 2.13.